The van der Waals surface area contributed by atoms with Crippen molar-refractivity contribution in [3.05, 3.63) is 77.2 Å². The lowest BCUT2D eigenvalue weighted by molar-refractivity contribution is 0.0966. The monoisotopic (exact) mass is 484 g/mol. The van der Waals surface area contributed by atoms with Crippen LogP contribution in [-0.4, -0.2) is 52.5 Å². The number of fused-ring (bicyclic) bond motifs is 2. The van der Waals surface area contributed by atoms with E-state index in [-0.39, 0.29) is 5.91 Å². The average molecular weight is 485 g/mol. The number of hydrogen-bond acceptors (Lipinski definition) is 6. The number of hydrogen-bond donors (Lipinski definition) is 2. The number of aryl methyl sites for hydroxylation is 1. The summed E-state index contributed by atoms with van der Waals surface area (Å²) in [7, 11) is 4.03. The van der Waals surface area contributed by atoms with Gasteiger partial charge in [0.05, 0.1) is 28.8 Å². The summed E-state index contributed by atoms with van der Waals surface area (Å²) in [4.78, 5) is 24.1. The largest absolute Gasteiger partial charge is 0.381 e. The molecule has 0 atom stereocenters. The van der Waals surface area contributed by atoms with Gasteiger partial charge in [-0.1, -0.05) is 18.2 Å². The minimum Gasteiger partial charge on any atom is -0.381 e. The van der Waals surface area contributed by atoms with Crippen LogP contribution in [0.1, 0.15) is 40.0 Å². The van der Waals surface area contributed by atoms with Crippen molar-refractivity contribution in [3.8, 4) is 11.3 Å². The number of imidazole rings is 1. The Balaban J connectivity index is 0.000000477. The summed E-state index contributed by atoms with van der Waals surface area (Å²) >= 11 is 0. The number of carbonyl (C=O) groups is 1. The van der Waals surface area contributed by atoms with Crippen molar-refractivity contribution >= 4 is 23.1 Å². The summed E-state index contributed by atoms with van der Waals surface area (Å²) in [5.41, 5.74) is 7.38. The number of benzene rings is 1. The summed E-state index contributed by atoms with van der Waals surface area (Å²) < 4.78 is 7.02. The quantitative estimate of drug-likeness (QED) is 0.432. The van der Waals surface area contributed by atoms with Crippen molar-refractivity contribution in [2.24, 2.45) is 0 Å². The molecule has 1 amide bonds. The number of pyridine rings is 2. The van der Waals surface area contributed by atoms with Crippen LogP contribution in [0.15, 0.2) is 54.9 Å². The van der Waals surface area contributed by atoms with Gasteiger partial charge >= 0.3 is 0 Å². The van der Waals surface area contributed by atoms with Gasteiger partial charge < -0.3 is 20.3 Å². The molecule has 2 N–H and O–H groups in total. The van der Waals surface area contributed by atoms with Gasteiger partial charge in [-0.25, -0.2) is 9.97 Å². The third-order valence-electron chi connectivity index (χ3n) is 6.35. The predicted octanol–water partition coefficient (Wildman–Crippen LogP) is 4.55. The predicted molar refractivity (Wildman–Crippen MR) is 141 cm³/mol. The molecule has 36 heavy (non-hydrogen) atoms. The van der Waals surface area contributed by atoms with Crippen LogP contribution in [0.3, 0.4) is 0 Å². The third kappa shape index (κ3) is 4.96. The van der Waals surface area contributed by atoms with Crippen molar-refractivity contribution < 1.29 is 9.53 Å². The van der Waals surface area contributed by atoms with Gasteiger partial charge in [-0.2, -0.15) is 0 Å². The van der Waals surface area contributed by atoms with E-state index in [4.69, 9.17) is 4.74 Å². The second kappa shape index (κ2) is 10.5. The Labute approximate surface area is 211 Å². The molecule has 0 radical (unpaired) electrons. The molecule has 8 heteroatoms. The molecule has 1 aromatic carbocycles. The highest BCUT2D eigenvalue weighted by Gasteiger charge is 2.27. The Kier molecular flexibility index (Phi) is 6.97. The first-order valence-corrected chi connectivity index (χ1v) is 12.3. The molecule has 2 aliphatic rings. The lowest BCUT2D eigenvalue weighted by atomic mass is 9.99. The number of nitrogens with zero attached hydrogens (tertiary/aromatic N) is 4. The first kappa shape index (κ1) is 24.0. The number of amides is 1. The molecule has 3 aromatic heterocycles. The normalized spacial score (nSPS) is 14.5. The van der Waals surface area contributed by atoms with Gasteiger partial charge in [0.1, 0.15) is 11.5 Å². The maximum atomic E-state index is 12.7. The summed E-state index contributed by atoms with van der Waals surface area (Å²) in [6.07, 6.45) is 6.44. The van der Waals surface area contributed by atoms with Crippen molar-refractivity contribution in [2.75, 3.05) is 32.6 Å². The van der Waals surface area contributed by atoms with Crippen LogP contribution in [0.2, 0.25) is 0 Å². The number of carbonyl (C=O) groups excluding carboxylic acids is 1. The maximum absolute atomic E-state index is 12.7. The zero-order valence-corrected chi connectivity index (χ0v) is 21.0. The van der Waals surface area contributed by atoms with Crippen LogP contribution in [-0.2, 0) is 17.8 Å². The minimum absolute atomic E-state index is 0.0752. The molecule has 0 spiro atoms. The standard InChI is InChI=1S/C24H24N6O.C4H8O/c1-15-6-5-11-30-20(13-25-23(15)30)17-9-10-19(22-18(17)12-26-24(22)31)28-21-8-4-7-16(27-21)14-29(2)3;1-2-4-5-3-1/h4-11,13H,12,14H2,1-3H3,(H,26,31)(H,27,28);1-4H2. The van der Waals surface area contributed by atoms with E-state index in [1.165, 1.54) is 12.8 Å². The van der Waals surface area contributed by atoms with E-state index in [1.54, 1.807) is 0 Å². The second-order valence-corrected chi connectivity index (χ2v) is 9.42. The highest BCUT2D eigenvalue weighted by molar-refractivity contribution is 6.06. The molecular weight excluding hydrogens is 452 g/mol. The van der Waals surface area contributed by atoms with E-state index in [9.17, 15) is 4.79 Å². The Morgan fingerprint density at radius 3 is 2.69 bits per heavy atom. The summed E-state index contributed by atoms with van der Waals surface area (Å²) in [6.45, 7) is 5.29. The van der Waals surface area contributed by atoms with E-state index < -0.39 is 0 Å². The summed E-state index contributed by atoms with van der Waals surface area (Å²) in [5.74, 6) is 0.647. The van der Waals surface area contributed by atoms with Crippen LogP contribution in [0, 0.1) is 6.92 Å². The Hall–Kier alpha value is -3.75. The third-order valence-corrected chi connectivity index (χ3v) is 6.35. The molecular formula is C28H32N6O2. The van der Waals surface area contributed by atoms with Crippen LogP contribution in [0.5, 0.6) is 0 Å². The molecule has 0 saturated carbocycles. The zero-order chi connectivity index (χ0) is 25.1. The Bertz CT molecular complexity index is 1380. The van der Waals surface area contributed by atoms with Gasteiger partial charge in [0.2, 0.25) is 0 Å². The molecule has 186 valence electrons. The van der Waals surface area contributed by atoms with Gasteiger partial charge in [-0.15, -0.1) is 0 Å². The first-order chi connectivity index (χ1) is 17.5. The zero-order valence-electron chi connectivity index (χ0n) is 21.0. The van der Waals surface area contributed by atoms with Crippen molar-refractivity contribution in [3.63, 3.8) is 0 Å². The summed E-state index contributed by atoms with van der Waals surface area (Å²) in [6, 6.07) is 14.0. The smallest absolute Gasteiger partial charge is 0.254 e. The molecule has 1 saturated heterocycles. The Morgan fingerprint density at radius 1 is 1.11 bits per heavy atom. The first-order valence-electron chi connectivity index (χ1n) is 12.3. The minimum atomic E-state index is -0.0752. The topological polar surface area (TPSA) is 83.8 Å². The number of rotatable bonds is 5. The lowest BCUT2D eigenvalue weighted by Crippen LogP contribution is -2.14. The number of anilines is 2. The van der Waals surface area contributed by atoms with Crippen LogP contribution in [0.25, 0.3) is 16.9 Å². The van der Waals surface area contributed by atoms with Gasteiger partial charge in [0, 0.05) is 38.1 Å². The van der Waals surface area contributed by atoms with E-state index in [1.807, 2.05) is 69.8 Å². The van der Waals surface area contributed by atoms with Crippen molar-refractivity contribution in [1.29, 1.82) is 0 Å². The molecule has 0 unspecified atom stereocenters. The Morgan fingerprint density at radius 2 is 1.94 bits per heavy atom. The molecule has 6 rings (SSSR count). The van der Waals surface area contributed by atoms with Crippen molar-refractivity contribution in [1.82, 2.24) is 24.6 Å². The molecule has 0 aliphatic carbocycles. The highest BCUT2D eigenvalue weighted by Crippen LogP contribution is 2.35. The molecule has 5 heterocycles. The van der Waals surface area contributed by atoms with Crippen molar-refractivity contribution in [2.45, 2.75) is 32.9 Å². The van der Waals surface area contributed by atoms with Crippen LogP contribution >= 0.6 is 0 Å². The lowest BCUT2D eigenvalue weighted by Gasteiger charge is -2.14. The van der Waals surface area contributed by atoms with E-state index in [2.05, 4.69) is 36.0 Å². The fourth-order valence-corrected chi connectivity index (χ4v) is 4.65. The average Bonchev–Trinajstić information content (AvgIpc) is 3.62. The number of aromatic nitrogens is 3. The van der Waals surface area contributed by atoms with Gasteiger partial charge in [0.25, 0.3) is 5.91 Å². The fraction of sp³-hybridized carbons (Fsp3) is 0.321. The number of nitrogens with one attached hydrogen (secondary N) is 2. The van der Waals surface area contributed by atoms with Gasteiger partial charge in [-0.05, 0) is 69.3 Å². The second-order valence-electron chi connectivity index (χ2n) is 9.42. The van der Waals surface area contributed by atoms with E-state index in [0.29, 0.717) is 12.1 Å². The molecule has 2 aliphatic heterocycles. The van der Waals surface area contributed by atoms with E-state index >= 15 is 0 Å². The SMILES string of the molecule is C1CCOC1.Cc1cccn2c(-c3ccc(Nc4cccc(CN(C)C)n4)c4c3CNC4=O)cnc12. The maximum Gasteiger partial charge on any atom is 0.254 e. The molecule has 1 fully saturated rings. The molecule has 4 aromatic rings. The van der Waals surface area contributed by atoms with Crippen LogP contribution in [0.4, 0.5) is 11.5 Å². The fourth-order valence-electron chi connectivity index (χ4n) is 4.65. The van der Waals surface area contributed by atoms with Gasteiger partial charge in [-0.3, -0.25) is 9.20 Å². The van der Waals surface area contributed by atoms with Crippen LogP contribution < -0.4 is 10.6 Å². The highest BCUT2D eigenvalue weighted by atomic mass is 16.5. The van der Waals surface area contributed by atoms with E-state index in [0.717, 1.165) is 65.0 Å². The van der Waals surface area contributed by atoms with Gasteiger partial charge in [0.15, 0.2) is 0 Å². The summed E-state index contributed by atoms with van der Waals surface area (Å²) in [5, 5.41) is 6.33. The number of ether oxygens (including phenoxy) is 1. The molecule has 8 nitrogen and oxygen atoms in total. The molecule has 0 bridgehead atoms.